The molecule has 0 fully saturated rings. The average Bonchev–Trinajstić information content (AvgIpc) is 3.05. The molecule has 5 nitrogen and oxygen atoms in total. The van der Waals surface area contributed by atoms with Gasteiger partial charge in [-0.15, -0.1) is 11.3 Å². The summed E-state index contributed by atoms with van der Waals surface area (Å²) in [6.07, 6.45) is -1.99. The van der Waals surface area contributed by atoms with Crippen LogP contribution in [-0.4, -0.2) is 20.9 Å². The lowest BCUT2D eigenvalue weighted by atomic mass is 10.3. The van der Waals surface area contributed by atoms with Crippen LogP contribution in [0.1, 0.15) is 15.5 Å². The molecular formula is C11H5F3N4OS2. The number of carbonyl (C=O) groups is 1. The van der Waals surface area contributed by atoms with Crippen LogP contribution in [0.4, 0.5) is 18.3 Å². The van der Waals surface area contributed by atoms with Crippen LogP contribution in [0.3, 0.4) is 0 Å². The molecule has 0 bridgehead atoms. The van der Waals surface area contributed by atoms with Gasteiger partial charge in [0.1, 0.15) is 11.2 Å². The molecule has 0 saturated carbocycles. The van der Waals surface area contributed by atoms with Crippen LogP contribution in [0, 0.1) is 0 Å². The molecule has 21 heavy (non-hydrogen) atoms. The van der Waals surface area contributed by atoms with Crippen molar-refractivity contribution in [3.63, 3.8) is 0 Å². The molecule has 3 aromatic heterocycles. The number of thiazole rings is 2. The molecule has 3 aromatic rings. The minimum atomic E-state index is -4.51. The second-order valence-corrected chi connectivity index (χ2v) is 5.77. The van der Waals surface area contributed by atoms with Gasteiger partial charge in [-0.05, 0) is 6.07 Å². The molecule has 0 unspecified atom stereocenters. The molecule has 0 aliphatic rings. The van der Waals surface area contributed by atoms with Crippen LogP contribution >= 0.6 is 22.7 Å². The van der Waals surface area contributed by atoms with Gasteiger partial charge in [-0.25, -0.2) is 15.0 Å². The zero-order chi connectivity index (χ0) is 15.0. The normalized spacial score (nSPS) is 11.8. The Morgan fingerprint density at radius 2 is 2.10 bits per heavy atom. The maximum Gasteiger partial charge on any atom is 0.433 e. The molecular weight excluding hydrogens is 325 g/mol. The fourth-order valence-corrected chi connectivity index (χ4v) is 2.93. The van der Waals surface area contributed by atoms with Crippen molar-refractivity contribution in [2.75, 3.05) is 5.32 Å². The van der Waals surface area contributed by atoms with E-state index in [2.05, 4.69) is 20.3 Å². The SMILES string of the molecule is O=C(Nc1nc2cnc(C(F)(F)F)cc2s1)c1nccs1. The highest BCUT2D eigenvalue weighted by atomic mass is 32.1. The van der Waals surface area contributed by atoms with Crippen molar-refractivity contribution in [2.24, 2.45) is 0 Å². The standard InChI is InChI=1S/C11H5F3N4OS2/c12-11(13,14)7-3-6-5(4-16-7)17-10(21-6)18-8(19)9-15-1-2-20-9/h1-4H,(H,17,18,19). The third-order valence-electron chi connectivity index (χ3n) is 2.41. The Bertz CT molecular complexity index is 798. The Morgan fingerprint density at radius 1 is 1.29 bits per heavy atom. The summed E-state index contributed by atoms with van der Waals surface area (Å²) in [5.74, 6) is -0.451. The number of nitrogens with zero attached hydrogens (tertiary/aromatic N) is 3. The first-order chi connectivity index (χ1) is 9.93. The Balaban J connectivity index is 1.89. The highest BCUT2D eigenvalue weighted by molar-refractivity contribution is 7.22. The van der Waals surface area contributed by atoms with Crippen molar-refractivity contribution in [1.29, 1.82) is 0 Å². The van der Waals surface area contributed by atoms with E-state index in [4.69, 9.17) is 0 Å². The highest BCUT2D eigenvalue weighted by Gasteiger charge is 2.32. The first-order valence-corrected chi connectivity index (χ1v) is 7.18. The highest BCUT2D eigenvalue weighted by Crippen LogP contribution is 2.32. The van der Waals surface area contributed by atoms with E-state index in [9.17, 15) is 18.0 Å². The summed E-state index contributed by atoms with van der Waals surface area (Å²) in [6.45, 7) is 0. The Morgan fingerprint density at radius 3 is 2.76 bits per heavy atom. The molecule has 0 spiro atoms. The smallest absolute Gasteiger partial charge is 0.296 e. The third kappa shape index (κ3) is 2.85. The van der Waals surface area contributed by atoms with Gasteiger partial charge in [0.25, 0.3) is 5.91 Å². The van der Waals surface area contributed by atoms with Crippen LogP contribution in [0.15, 0.2) is 23.8 Å². The molecule has 0 aliphatic heterocycles. The number of alkyl halides is 3. The van der Waals surface area contributed by atoms with Crippen LogP contribution < -0.4 is 5.32 Å². The van der Waals surface area contributed by atoms with Gasteiger partial charge in [-0.2, -0.15) is 13.2 Å². The van der Waals surface area contributed by atoms with Gasteiger partial charge >= 0.3 is 6.18 Å². The van der Waals surface area contributed by atoms with Crippen LogP contribution in [0.5, 0.6) is 0 Å². The lowest BCUT2D eigenvalue weighted by Gasteiger charge is -2.03. The summed E-state index contributed by atoms with van der Waals surface area (Å²) in [5, 5.41) is 4.60. The second kappa shape index (κ2) is 5.04. The van der Waals surface area contributed by atoms with E-state index in [1.54, 1.807) is 5.38 Å². The summed E-state index contributed by atoms with van der Waals surface area (Å²) in [7, 11) is 0. The van der Waals surface area contributed by atoms with Crippen molar-refractivity contribution in [3.05, 3.63) is 34.5 Å². The fraction of sp³-hybridized carbons (Fsp3) is 0.0909. The van der Waals surface area contributed by atoms with E-state index >= 15 is 0 Å². The lowest BCUT2D eigenvalue weighted by molar-refractivity contribution is -0.141. The van der Waals surface area contributed by atoms with Gasteiger partial charge < -0.3 is 0 Å². The lowest BCUT2D eigenvalue weighted by Crippen LogP contribution is -2.10. The number of pyridine rings is 1. The molecule has 0 radical (unpaired) electrons. The molecule has 1 N–H and O–H groups in total. The molecule has 0 saturated heterocycles. The molecule has 0 aliphatic carbocycles. The zero-order valence-corrected chi connectivity index (χ0v) is 11.6. The summed E-state index contributed by atoms with van der Waals surface area (Å²) in [6, 6.07) is 0.909. The number of halogens is 3. The molecule has 0 aromatic carbocycles. The van der Waals surface area contributed by atoms with Gasteiger partial charge in [0.05, 0.1) is 10.9 Å². The number of aromatic nitrogens is 3. The summed E-state index contributed by atoms with van der Waals surface area (Å²) in [5.41, 5.74) is -0.695. The van der Waals surface area contributed by atoms with Crippen molar-refractivity contribution in [1.82, 2.24) is 15.0 Å². The fourth-order valence-electron chi connectivity index (χ4n) is 1.53. The molecule has 0 atom stereocenters. The number of hydrogen-bond acceptors (Lipinski definition) is 6. The predicted octanol–water partition coefficient (Wildman–Crippen LogP) is 3.42. The zero-order valence-electron chi connectivity index (χ0n) is 10.0. The quantitative estimate of drug-likeness (QED) is 0.782. The number of carbonyl (C=O) groups excluding carboxylic acids is 1. The minimum absolute atomic E-state index is 0.200. The number of anilines is 1. The van der Waals surface area contributed by atoms with E-state index in [1.165, 1.54) is 6.20 Å². The van der Waals surface area contributed by atoms with Crippen molar-refractivity contribution in [3.8, 4) is 0 Å². The molecule has 3 rings (SSSR count). The summed E-state index contributed by atoms with van der Waals surface area (Å²) >= 11 is 2.10. The van der Waals surface area contributed by atoms with Gasteiger partial charge in [0.2, 0.25) is 0 Å². The molecule has 10 heteroatoms. The van der Waals surface area contributed by atoms with Crippen LogP contribution in [0.2, 0.25) is 0 Å². The van der Waals surface area contributed by atoms with E-state index in [0.29, 0.717) is 10.2 Å². The first kappa shape index (κ1) is 13.9. The van der Waals surface area contributed by atoms with Crippen molar-refractivity contribution in [2.45, 2.75) is 6.18 Å². The van der Waals surface area contributed by atoms with Gasteiger partial charge in [-0.1, -0.05) is 11.3 Å². The van der Waals surface area contributed by atoms with Crippen LogP contribution in [0.25, 0.3) is 10.2 Å². The molecule has 3 heterocycles. The Hall–Kier alpha value is -2.07. The van der Waals surface area contributed by atoms with E-state index in [1.807, 2.05) is 0 Å². The predicted molar refractivity (Wildman–Crippen MR) is 72.5 cm³/mol. The van der Waals surface area contributed by atoms with Crippen molar-refractivity contribution >= 4 is 43.9 Å². The second-order valence-electron chi connectivity index (χ2n) is 3.85. The number of rotatable bonds is 2. The average molecular weight is 330 g/mol. The van der Waals surface area contributed by atoms with E-state index in [-0.39, 0.29) is 10.1 Å². The van der Waals surface area contributed by atoms with Gasteiger partial charge in [0.15, 0.2) is 10.1 Å². The summed E-state index contributed by atoms with van der Waals surface area (Å²) in [4.78, 5) is 23.0. The summed E-state index contributed by atoms with van der Waals surface area (Å²) < 4.78 is 38.0. The molecule has 1 amide bonds. The number of amides is 1. The maximum absolute atomic E-state index is 12.6. The number of fused-ring (bicyclic) bond motifs is 1. The third-order valence-corrected chi connectivity index (χ3v) is 4.12. The topological polar surface area (TPSA) is 67.8 Å². The largest absolute Gasteiger partial charge is 0.433 e. The Labute approximate surface area is 123 Å². The monoisotopic (exact) mass is 330 g/mol. The maximum atomic E-state index is 12.6. The van der Waals surface area contributed by atoms with Gasteiger partial charge in [0, 0.05) is 11.6 Å². The van der Waals surface area contributed by atoms with Crippen molar-refractivity contribution < 1.29 is 18.0 Å². The first-order valence-electron chi connectivity index (χ1n) is 5.48. The van der Waals surface area contributed by atoms with Crippen LogP contribution in [-0.2, 0) is 6.18 Å². The minimum Gasteiger partial charge on any atom is -0.296 e. The van der Waals surface area contributed by atoms with Gasteiger partial charge in [-0.3, -0.25) is 10.1 Å². The van der Waals surface area contributed by atoms with E-state index in [0.717, 1.165) is 34.9 Å². The molecule has 108 valence electrons. The number of nitrogens with one attached hydrogen (secondary N) is 1. The Kier molecular flexibility index (Phi) is 3.33. The number of hydrogen-bond donors (Lipinski definition) is 1. The van der Waals surface area contributed by atoms with E-state index < -0.39 is 17.8 Å².